The number of aliphatic hydroxyl groups is 2. The third-order valence-corrected chi connectivity index (χ3v) is 8.74. The molecule has 0 aliphatic carbocycles. The molecule has 11 N–H and O–H groups in total. The summed E-state index contributed by atoms with van der Waals surface area (Å²) in [5.41, 5.74) is 5.73. The molecule has 19 nitrogen and oxygen atoms in total. The number of carbonyl (C=O) groups is 8. The lowest BCUT2D eigenvalue weighted by Gasteiger charge is -2.30. The number of ether oxygens (including phenoxy) is 1. The maximum absolute atomic E-state index is 14.0. The number of phenols is 1. The van der Waals surface area contributed by atoms with Crippen LogP contribution in [0.25, 0.3) is 0 Å². The van der Waals surface area contributed by atoms with Gasteiger partial charge in [-0.25, -0.2) is 4.79 Å². The zero-order valence-corrected chi connectivity index (χ0v) is 31.2. The van der Waals surface area contributed by atoms with Crippen molar-refractivity contribution < 1.29 is 58.4 Å². The fourth-order valence-corrected chi connectivity index (χ4v) is 5.38. The third kappa shape index (κ3) is 13.9. The lowest BCUT2D eigenvalue weighted by molar-refractivity contribution is -0.155. The maximum Gasteiger partial charge on any atom is 0.328 e. The second-order valence-electron chi connectivity index (χ2n) is 13.6. The number of nitrogens with two attached hydrogens (primary N) is 1. The highest BCUT2D eigenvalue weighted by Gasteiger charge is 2.38. The van der Waals surface area contributed by atoms with Gasteiger partial charge in [-0.15, -0.1) is 0 Å². The Morgan fingerprint density at radius 3 is 1.93 bits per heavy atom. The first-order chi connectivity index (χ1) is 25.2. The van der Waals surface area contributed by atoms with Crippen LogP contribution in [0.5, 0.6) is 5.75 Å². The van der Waals surface area contributed by atoms with Gasteiger partial charge in [0.2, 0.25) is 41.4 Å². The van der Waals surface area contributed by atoms with Gasteiger partial charge in [-0.3, -0.25) is 33.6 Å². The first-order valence-electron chi connectivity index (χ1n) is 17.7. The molecular weight excluding hydrogens is 710 g/mol. The molecule has 1 heterocycles. The standard InChI is InChI=1S/C35H53N7O12/c1-7-16(2)27-32(50)39-24(15-21-8-10-22(45)11-9-21)31(49)42-28(19(5)44)33(51)38-23(12-13-25(36)46)30(48)37-18(4)35(53)54-20(6)29(34(52)41-27)40-26(47)14-17(3)43/h8-11,16-20,23-24,27-29,43-45H,7,12-15H2,1-6H3,(H2,36,46)(H,37,48)(H,38,51)(H,39,50)(H,40,47)(H,41,52)(H,42,49). The largest absolute Gasteiger partial charge is 0.508 e. The van der Waals surface area contributed by atoms with Gasteiger partial charge < -0.3 is 57.7 Å². The van der Waals surface area contributed by atoms with E-state index < -0.39 is 114 Å². The van der Waals surface area contributed by atoms with Gasteiger partial charge in [0.15, 0.2) is 0 Å². The number of aromatic hydroxyl groups is 1. The number of carbonyl (C=O) groups excluding carboxylic acids is 8. The summed E-state index contributed by atoms with van der Waals surface area (Å²) in [6.07, 6.45) is -5.09. The van der Waals surface area contributed by atoms with Crippen molar-refractivity contribution in [3.05, 3.63) is 29.8 Å². The minimum Gasteiger partial charge on any atom is -0.508 e. The number of primary amides is 1. The molecule has 1 aromatic rings. The van der Waals surface area contributed by atoms with E-state index in [1.807, 2.05) is 0 Å². The monoisotopic (exact) mass is 763 g/mol. The molecule has 1 fully saturated rings. The Hall–Kier alpha value is -5.30. The Bertz CT molecular complexity index is 1520. The predicted molar refractivity (Wildman–Crippen MR) is 190 cm³/mol. The van der Waals surface area contributed by atoms with Crippen LogP contribution in [-0.4, -0.2) is 117 Å². The molecule has 0 saturated carbocycles. The lowest BCUT2D eigenvalue weighted by atomic mass is 9.96. The first kappa shape index (κ1) is 44.9. The van der Waals surface area contributed by atoms with Crippen molar-refractivity contribution in [1.82, 2.24) is 31.9 Å². The van der Waals surface area contributed by atoms with Crippen LogP contribution < -0.4 is 37.6 Å². The molecule has 300 valence electrons. The van der Waals surface area contributed by atoms with Crippen LogP contribution in [0.1, 0.15) is 72.8 Å². The van der Waals surface area contributed by atoms with E-state index in [1.54, 1.807) is 13.8 Å². The van der Waals surface area contributed by atoms with Crippen molar-refractivity contribution in [2.24, 2.45) is 11.7 Å². The predicted octanol–water partition coefficient (Wildman–Crippen LogP) is -2.73. The number of hydrogen-bond donors (Lipinski definition) is 10. The topological polar surface area (TPSA) is 305 Å². The van der Waals surface area contributed by atoms with E-state index in [4.69, 9.17) is 10.5 Å². The van der Waals surface area contributed by atoms with E-state index >= 15 is 0 Å². The zero-order valence-electron chi connectivity index (χ0n) is 31.2. The Morgan fingerprint density at radius 2 is 1.37 bits per heavy atom. The molecule has 54 heavy (non-hydrogen) atoms. The highest BCUT2D eigenvalue weighted by Crippen LogP contribution is 2.15. The van der Waals surface area contributed by atoms with E-state index in [-0.39, 0.29) is 25.0 Å². The summed E-state index contributed by atoms with van der Waals surface area (Å²) in [6.45, 7) is 8.44. The third-order valence-electron chi connectivity index (χ3n) is 8.74. The second-order valence-corrected chi connectivity index (χ2v) is 13.6. The van der Waals surface area contributed by atoms with Crippen LogP contribution in [0.2, 0.25) is 0 Å². The summed E-state index contributed by atoms with van der Waals surface area (Å²) in [7, 11) is 0. The molecule has 2 rings (SSSR count). The Labute approximate surface area is 312 Å². The van der Waals surface area contributed by atoms with Crippen molar-refractivity contribution in [2.75, 3.05) is 0 Å². The number of aliphatic hydroxyl groups excluding tert-OH is 2. The van der Waals surface area contributed by atoms with Crippen LogP contribution in [-0.2, 0) is 49.5 Å². The van der Waals surface area contributed by atoms with E-state index in [0.29, 0.717) is 12.0 Å². The molecule has 1 aliphatic heterocycles. The van der Waals surface area contributed by atoms with Gasteiger partial charge in [0.25, 0.3) is 0 Å². The molecule has 0 spiro atoms. The lowest BCUT2D eigenvalue weighted by Crippen LogP contribution is -2.62. The van der Waals surface area contributed by atoms with Crippen LogP contribution in [0.15, 0.2) is 24.3 Å². The summed E-state index contributed by atoms with van der Waals surface area (Å²) < 4.78 is 5.46. The van der Waals surface area contributed by atoms with Crippen molar-refractivity contribution in [1.29, 1.82) is 0 Å². The number of amides is 7. The molecule has 0 aromatic heterocycles. The zero-order chi connectivity index (χ0) is 40.9. The second kappa shape index (κ2) is 20.8. The number of esters is 1. The molecule has 19 heteroatoms. The Morgan fingerprint density at radius 1 is 0.815 bits per heavy atom. The average molecular weight is 764 g/mol. The maximum atomic E-state index is 14.0. The Balaban J connectivity index is 2.70. The molecule has 7 amide bonds. The smallest absolute Gasteiger partial charge is 0.328 e. The van der Waals surface area contributed by atoms with Gasteiger partial charge in [-0.2, -0.15) is 0 Å². The van der Waals surface area contributed by atoms with Crippen molar-refractivity contribution >= 4 is 47.3 Å². The van der Waals surface area contributed by atoms with Crippen LogP contribution in [0.3, 0.4) is 0 Å². The number of phenolic OH excluding ortho intramolecular Hbond substituents is 1. The quantitative estimate of drug-likeness (QED) is 0.103. The minimum absolute atomic E-state index is 0.0718. The summed E-state index contributed by atoms with van der Waals surface area (Å²) in [6, 6.07) is -3.35. The number of rotatable bonds is 11. The summed E-state index contributed by atoms with van der Waals surface area (Å²) in [5.74, 6) is -8.10. The van der Waals surface area contributed by atoms with Crippen molar-refractivity contribution in [3.8, 4) is 5.75 Å². The molecule has 0 bridgehead atoms. The molecular formula is C35H53N7O12. The molecule has 10 unspecified atom stereocenters. The summed E-state index contributed by atoms with van der Waals surface area (Å²) >= 11 is 0. The van der Waals surface area contributed by atoms with Crippen LogP contribution >= 0.6 is 0 Å². The highest BCUT2D eigenvalue weighted by atomic mass is 16.5. The van der Waals surface area contributed by atoms with Gasteiger partial charge in [0.05, 0.1) is 18.6 Å². The number of cyclic esters (lactones) is 1. The summed E-state index contributed by atoms with van der Waals surface area (Å²) in [4.78, 5) is 106. The van der Waals surface area contributed by atoms with Gasteiger partial charge in [-0.1, -0.05) is 32.4 Å². The van der Waals surface area contributed by atoms with Gasteiger partial charge in [-0.05, 0) is 57.7 Å². The van der Waals surface area contributed by atoms with Crippen molar-refractivity contribution in [2.45, 2.75) is 128 Å². The van der Waals surface area contributed by atoms with Crippen molar-refractivity contribution in [3.63, 3.8) is 0 Å². The van der Waals surface area contributed by atoms with Gasteiger partial charge in [0.1, 0.15) is 48.1 Å². The van der Waals surface area contributed by atoms with Gasteiger partial charge in [0, 0.05) is 12.8 Å². The average Bonchev–Trinajstić information content (AvgIpc) is 3.08. The Kier molecular flexibility index (Phi) is 17.3. The van der Waals surface area contributed by atoms with E-state index in [2.05, 4.69) is 31.9 Å². The van der Waals surface area contributed by atoms with Gasteiger partial charge >= 0.3 is 5.97 Å². The summed E-state index contributed by atoms with van der Waals surface area (Å²) in [5, 5.41) is 44.8. The number of benzene rings is 1. The fourth-order valence-electron chi connectivity index (χ4n) is 5.38. The van der Waals surface area contributed by atoms with E-state index in [9.17, 15) is 53.7 Å². The molecule has 1 aromatic carbocycles. The first-order valence-corrected chi connectivity index (χ1v) is 17.7. The molecule has 10 atom stereocenters. The number of nitrogens with one attached hydrogen (secondary N) is 6. The van der Waals surface area contributed by atoms with E-state index in [0.717, 1.165) is 0 Å². The highest BCUT2D eigenvalue weighted by molar-refractivity contribution is 5.97. The SMILES string of the molecule is CCC(C)C1NC(=O)C(NC(=O)CC(C)O)C(C)OC(=O)C(C)NC(=O)C(CCC(N)=O)NC(=O)C(C(C)O)NC(=O)C(Cc2ccc(O)cc2)NC1=O. The van der Waals surface area contributed by atoms with Crippen LogP contribution in [0.4, 0.5) is 0 Å². The molecule has 0 radical (unpaired) electrons. The minimum atomic E-state index is -1.71. The molecule has 1 aliphatic rings. The fraction of sp³-hybridized carbons (Fsp3) is 0.600. The van der Waals surface area contributed by atoms with E-state index in [1.165, 1.54) is 52.0 Å². The number of hydrogen-bond acceptors (Lipinski definition) is 12. The normalized spacial score (nSPS) is 26.8. The molecule has 1 saturated heterocycles. The van der Waals surface area contributed by atoms with Crippen LogP contribution in [0, 0.1) is 5.92 Å².